The largest absolute Gasteiger partial charge is 0.481 e. The van der Waals surface area contributed by atoms with E-state index in [0.717, 1.165) is 6.42 Å². The number of halogens is 4. The first-order chi connectivity index (χ1) is 8.90. The molecule has 1 aromatic rings. The van der Waals surface area contributed by atoms with Crippen molar-refractivity contribution in [1.29, 1.82) is 0 Å². The number of benzene rings is 1. The molecule has 0 amide bonds. The first-order valence-corrected chi connectivity index (χ1v) is 5.97. The molecule has 0 aromatic heterocycles. The second-order valence-corrected chi connectivity index (χ2v) is 4.79. The van der Waals surface area contributed by atoms with Crippen molar-refractivity contribution >= 4 is 5.97 Å². The van der Waals surface area contributed by atoms with Crippen molar-refractivity contribution in [2.45, 2.75) is 37.5 Å². The van der Waals surface area contributed by atoms with Crippen molar-refractivity contribution in [3.05, 3.63) is 34.9 Å². The SMILES string of the molecule is O=C(O)C1(c2c(F)c(F)cc(F)c2F)CCCCC1. The van der Waals surface area contributed by atoms with E-state index < -0.39 is 40.2 Å². The van der Waals surface area contributed by atoms with E-state index in [0.29, 0.717) is 12.8 Å². The molecule has 19 heavy (non-hydrogen) atoms. The van der Waals surface area contributed by atoms with Crippen LogP contribution in [0, 0.1) is 23.3 Å². The molecule has 1 fully saturated rings. The molecule has 0 radical (unpaired) electrons. The molecule has 2 rings (SSSR count). The van der Waals surface area contributed by atoms with Gasteiger partial charge < -0.3 is 5.11 Å². The van der Waals surface area contributed by atoms with Gasteiger partial charge in [-0.1, -0.05) is 19.3 Å². The summed E-state index contributed by atoms with van der Waals surface area (Å²) in [6.07, 6.45) is 1.57. The lowest BCUT2D eigenvalue weighted by Crippen LogP contribution is -2.40. The van der Waals surface area contributed by atoms with Crippen LogP contribution in [0.5, 0.6) is 0 Å². The van der Waals surface area contributed by atoms with Gasteiger partial charge in [-0.2, -0.15) is 0 Å². The third kappa shape index (κ3) is 2.09. The fourth-order valence-corrected chi connectivity index (χ4v) is 2.72. The molecule has 1 N–H and O–H groups in total. The topological polar surface area (TPSA) is 37.3 Å². The molecule has 0 spiro atoms. The minimum atomic E-state index is -1.88. The molecule has 0 aliphatic heterocycles. The summed E-state index contributed by atoms with van der Waals surface area (Å²) < 4.78 is 54.0. The Morgan fingerprint density at radius 1 is 1.00 bits per heavy atom. The van der Waals surface area contributed by atoms with Crippen molar-refractivity contribution in [3.8, 4) is 0 Å². The Labute approximate surface area is 107 Å². The standard InChI is InChI=1S/C13H12F4O2/c14-7-6-8(15)11(17)9(10(7)16)13(12(18)19)4-2-1-3-5-13/h6H,1-5H2,(H,18,19). The van der Waals surface area contributed by atoms with E-state index in [1.54, 1.807) is 0 Å². The van der Waals surface area contributed by atoms with Crippen LogP contribution in [0.25, 0.3) is 0 Å². The van der Waals surface area contributed by atoms with Crippen molar-refractivity contribution < 1.29 is 27.5 Å². The Hall–Kier alpha value is -1.59. The summed E-state index contributed by atoms with van der Waals surface area (Å²) in [5, 5.41) is 9.29. The number of hydrogen-bond donors (Lipinski definition) is 1. The molecule has 2 nitrogen and oxygen atoms in total. The molecule has 104 valence electrons. The van der Waals surface area contributed by atoms with Crippen LogP contribution in [0.1, 0.15) is 37.7 Å². The second-order valence-electron chi connectivity index (χ2n) is 4.79. The van der Waals surface area contributed by atoms with Crippen molar-refractivity contribution in [2.24, 2.45) is 0 Å². The smallest absolute Gasteiger partial charge is 0.314 e. The summed E-state index contributed by atoms with van der Waals surface area (Å²) in [5.74, 6) is -7.80. The molecule has 1 aromatic carbocycles. The number of rotatable bonds is 2. The highest BCUT2D eigenvalue weighted by Crippen LogP contribution is 2.42. The summed E-state index contributed by atoms with van der Waals surface area (Å²) in [6.45, 7) is 0. The molecule has 1 saturated carbocycles. The third-order valence-electron chi connectivity index (χ3n) is 3.71. The van der Waals surface area contributed by atoms with Crippen LogP contribution in [0.4, 0.5) is 17.6 Å². The average molecular weight is 276 g/mol. The molecular weight excluding hydrogens is 264 g/mol. The average Bonchev–Trinajstić information content (AvgIpc) is 2.37. The molecule has 1 aliphatic rings. The summed E-state index contributed by atoms with van der Waals surface area (Å²) in [7, 11) is 0. The number of carboxylic acids is 1. The second kappa shape index (κ2) is 4.83. The van der Waals surface area contributed by atoms with Crippen molar-refractivity contribution in [1.82, 2.24) is 0 Å². The van der Waals surface area contributed by atoms with E-state index in [4.69, 9.17) is 0 Å². The summed E-state index contributed by atoms with van der Waals surface area (Å²) in [4.78, 5) is 11.4. The summed E-state index contributed by atoms with van der Waals surface area (Å²) in [6, 6.07) is 0.0898. The van der Waals surface area contributed by atoms with Crippen molar-refractivity contribution in [3.63, 3.8) is 0 Å². The molecule has 1 aliphatic carbocycles. The Morgan fingerprint density at radius 3 is 1.89 bits per heavy atom. The van der Waals surface area contributed by atoms with Gasteiger partial charge >= 0.3 is 5.97 Å². The predicted octanol–water partition coefficient (Wildman–Crippen LogP) is 3.53. The van der Waals surface area contributed by atoms with E-state index in [2.05, 4.69) is 0 Å². The van der Waals surface area contributed by atoms with Crippen LogP contribution in [0.3, 0.4) is 0 Å². The Morgan fingerprint density at radius 2 is 1.47 bits per heavy atom. The van der Waals surface area contributed by atoms with Gasteiger partial charge in [-0.3, -0.25) is 4.79 Å². The first-order valence-electron chi connectivity index (χ1n) is 5.97. The van der Waals surface area contributed by atoms with E-state index in [9.17, 15) is 27.5 Å². The van der Waals surface area contributed by atoms with Gasteiger partial charge in [0.15, 0.2) is 23.3 Å². The zero-order chi connectivity index (χ0) is 14.2. The van der Waals surface area contributed by atoms with E-state index in [-0.39, 0.29) is 18.9 Å². The van der Waals surface area contributed by atoms with Gasteiger partial charge in [-0.15, -0.1) is 0 Å². The number of aliphatic carboxylic acids is 1. The quantitative estimate of drug-likeness (QED) is 0.662. The molecular formula is C13H12F4O2. The molecule has 0 heterocycles. The van der Waals surface area contributed by atoms with Crippen LogP contribution >= 0.6 is 0 Å². The number of hydrogen-bond acceptors (Lipinski definition) is 1. The van der Waals surface area contributed by atoms with Gasteiger partial charge in [0.25, 0.3) is 0 Å². The number of carbonyl (C=O) groups is 1. The zero-order valence-electron chi connectivity index (χ0n) is 9.98. The maximum atomic E-state index is 13.8. The minimum Gasteiger partial charge on any atom is -0.481 e. The Bertz CT molecular complexity index is 496. The molecule has 0 atom stereocenters. The van der Waals surface area contributed by atoms with Crippen LogP contribution in [0.2, 0.25) is 0 Å². The van der Waals surface area contributed by atoms with Crippen LogP contribution in [-0.2, 0) is 10.2 Å². The van der Waals surface area contributed by atoms with Gasteiger partial charge in [-0.05, 0) is 12.8 Å². The van der Waals surface area contributed by atoms with E-state index in [1.807, 2.05) is 0 Å². The third-order valence-corrected chi connectivity index (χ3v) is 3.71. The molecule has 0 unspecified atom stereocenters. The van der Waals surface area contributed by atoms with Gasteiger partial charge in [0.1, 0.15) is 0 Å². The molecule has 0 saturated heterocycles. The summed E-state index contributed by atoms with van der Waals surface area (Å²) in [5.41, 5.74) is -2.87. The van der Waals surface area contributed by atoms with Gasteiger partial charge in [0.05, 0.1) is 5.41 Å². The lowest BCUT2D eigenvalue weighted by Gasteiger charge is -2.34. The highest BCUT2D eigenvalue weighted by molar-refractivity contribution is 5.81. The zero-order valence-corrected chi connectivity index (χ0v) is 9.98. The normalized spacial score (nSPS) is 18.3. The fourth-order valence-electron chi connectivity index (χ4n) is 2.72. The maximum Gasteiger partial charge on any atom is 0.314 e. The molecule has 0 bridgehead atoms. The van der Waals surface area contributed by atoms with Crippen LogP contribution in [-0.4, -0.2) is 11.1 Å². The van der Waals surface area contributed by atoms with Gasteiger partial charge in [-0.25, -0.2) is 17.6 Å². The predicted molar refractivity (Wildman–Crippen MR) is 58.7 cm³/mol. The van der Waals surface area contributed by atoms with Crippen LogP contribution in [0.15, 0.2) is 6.07 Å². The molecule has 6 heteroatoms. The van der Waals surface area contributed by atoms with Crippen LogP contribution < -0.4 is 0 Å². The van der Waals surface area contributed by atoms with Gasteiger partial charge in [0, 0.05) is 11.6 Å². The van der Waals surface area contributed by atoms with Crippen molar-refractivity contribution in [2.75, 3.05) is 0 Å². The monoisotopic (exact) mass is 276 g/mol. The highest BCUT2D eigenvalue weighted by atomic mass is 19.2. The first kappa shape index (κ1) is 13.8. The Balaban J connectivity index is 2.70. The number of carboxylic acid groups (broad SMARTS) is 1. The van der Waals surface area contributed by atoms with E-state index >= 15 is 0 Å². The van der Waals surface area contributed by atoms with Gasteiger partial charge in [0.2, 0.25) is 0 Å². The Kier molecular flexibility index (Phi) is 3.52. The fraction of sp³-hybridized carbons (Fsp3) is 0.462. The van der Waals surface area contributed by atoms with E-state index in [1.165, 1.54) is 0 Å². The minimum absolute atomic E-state index is 0.0287. The lowest BCUT2D eigenvalue weighted by molar-refractivity contribution is -0.145. The highest BCUT2D eigenvalue weighted by Gasteiger charge is 2.46. The maximum absolute atomic E-state index is 13.8. The lowest BCUT2D eigenvalue weighted by atomic mass is 9.69. The summed E-state index contributed by atoms with van der Waals surface area (Å²) >= 11 is 0.